The molecule has 0 aliphatic carbocycles. The monoisotopic (exact) mass is 389 g/mol. The molecule has 3 N–H and O–H groups in total. The van der Waals surface area contributed by atoms with Crippen LogP contribution in [0.5, 0.6) is 0 Å². The maximum atomic E-state index is 5.65. The summed E-state index contributed by atoms with van der Waals surface area (Å²) in [6.07, 6.45) is 3.52. The molecule has 4 aromatic rings. The molecule has 0 aliphatic rings. The smallest absolute Gasteiger partial charge is 0.225 e. The predicted molar refractivity (Wildman–Crippen MR) is 112 cm³/mol. The molecule has 0 radical (unpaired) electrons. The van der Waals surface area contributed by atoms with Gasteiger partial charge < -0.3 is 15.2 Å². The lowest BCUT2D eigenvalue weighted by Crippen LogP contribution is -2.13. The third-order valence-corrected chi connectivity index (χ3v) is 4.44. The van der Waals surface area contributed by atoms with Gasteiger partial charge in [-0.25, -0.2) is 4.98 Å². The quantitative estimate of drug-likeness (QED) is 0.395. The highest BCUT2D eigenvalue weighted by atomic mass is 16.5. The van der Waals surface area contributed by atoms with E-state index in [0.717, 1.165) is 41.4 Å². The third-order valence-electron chi connectivity index (χ3n) is 4.44. The van der Waals surface area contributed by atoms with Crippen molar-refractivity contribution < 1.29 is 4.52 Å². The first-order valence-electron chi connectivity index (χ1n) is 9.62. The Morgan fingerprint density at radius 3 is 2.72 bits per heavy atom. The zero-order chi connectivity index (χ0) is 20.1. The molecule has 3 aromatic heterocycles. The van der Waals surface area contributed by atoms with Crippen LogP contribution in [-0.2, 0) is 0 Å². The van der Waals surface area contributed by atoms with Crippen molar-refractivity contribution in [1.82, 2.24) is 25.3 Å². The molecule has 3 heterocycles. The molecule has 0 saturated carbocycles. The lowest BCUT2D eigenvalue weighted by Gasteiger charge is -2.16. The van der Waals surface area contributed by atoms with Crippen LogP contribution in [0, 0.1) is 6.92 Å². The van der Waals surface area contributed by atoms with Gasteiger partial charge in [-0.2, -0.15) is 10.1 Å². The highest BCUT2D eigenvalue weighted by Gasteiger charge is 2.18. The van der Waals surface area contributed by atoms with Gasteiger partial charge in [0.25, 0.3) is 0 Å². The summed E-state index contributed by atoms with van der Waals surface area (Å²) in [6.45, 7) is 4.06. The van der Waals surface area contributed by atoms with E-state index in [1.54, 1.807) is 6.20 Å². The Labute approximate surface area is 168 Å². The maximum absolute atomic E-state index is 5.65. The zero-order valence-corrected chi connectivity index (χ0v) is 16.4. The van der Waals surface area contributed by atoms with Gasteiger partial charge in [-0.3, -0.25) is 5.10 Å². The number of benzene rings is 1. The number of rotatable bonds is 8. The minimum Gasteiger partial charge on any atom is -0.359 e. The second-order valence-electron chi connectivity index (χ2n) is 6.78. The number of hydrogen-bond acceptors (Lipinski definition) is 7. The lowest BCUT2D eigenvalue weighted by molar-refractivity contribution is 0.363. The van der Waals surface area contributed by atoms with Gasteiger partial charge in [-0.15, -0.1) is 0 Å². The average Bonchev–Trinajstić information content (AvgIpc) is 3.40. The van der Waals surface area contributed by atoms with Crippen LogP contribution in [0.4, 0.5) is 17.6 Å². The van der Waals surface area contributed by atoms with E-state index in [0.29, 0.717) is 11.8 Å². The number of H-pyrrole nitrogens is 1. The Bertz CT molecular complexity index is 1040. The topological polar surface area (TPSA) is 105 Å². The van der Waals surface area contributed by atoms with E-state index in [1.165, 1.54) is 0 Å². The molecule has 1 atom stereocenters. The van der Waals surface area contributed by atoms with Crippen molar-refractivity contribution >= 4 is 17.6 Å². The molecule has 8 nitrogen and oxygen atoms in total. The summed E-state index contributed by atoms with van der Waals surface area (Å²) in [5.74, 6) is 2.74. The van der Waals surface area contributed by atoms with Crippen LogP contribution >= 0.6 is 0 Å². The summed E-state index contributed by atoms with van der Waals surface area (Å²) in [7, 11) is 0. The summed E-state index contributed by atoms with van der Waals surface area (Å²) in [6, 6.07) is 15.6. The molecular weight excluding hydrogens is 366 g/mol. The number of aromatic amines is 1. The Morgan fingerprint density at radius 1 is 1.10 bits per heavy atom. The van der Waals surface area contributed by atoms with E-state index in [4.69, 9.17) is 4.52 Å². The molecule has 29 heavy (non-hydrogen) atoms. The summed E-state index contributed by atoms with van der Waals surface area (Å²) in [5.41, 5.74) is 2.69. The fraction of sp³-hybridized carbons (Fsp3) is 0.238. The molecule has 0 fully saturated rings. The summed E-state index contributed by atoms with van der Waals surface area (Å²) >= 11 is 0. The van der Waals surface area contributed by atoms with E-state index < -0.39 is 0 Å². The fourth-order valence-corrected chi connectivity index (χ4v) is 3.09. The van der Waals surface area contributed by atoms with E-state index in [2.05, 4.69) is 42.9 Å². The minimum absolute atomic E-state index is 0.0771. The Hall–Kier alpha value is -3.68. The Morgan fingerprint density at radius 2 is 1.97 bits per heavy atom. The molecule has 0 spiro atoms. The second kappa shape index (κ2) is 8.55. The first-order chi connectivity index (χ1) is 14.2. The number of nitrogens with one attached hydrogen (secondary N) is 3. The largest absolute Gasteiger partial charge is 0.359 e. The summed E-state index contributed by atoms with van der Waals surface area (Å²) in [4.78, 5) is 9.10. The second-order valence-corrected chi connectivity index (χ2v) is 6.78. The van der Waals surface area contributed by atoms with Crippen LogP contribution in [0.2, 0.25) is 0 Å². The maximum Gasteiger partial charge on any atom is 0.225 e. The van der Waals surface area contributed by atoms with Gasteiger partial charge in [0.05, 0.1) is 12.2 Å². The molecule has 0 bridgehead atoms. The van der Waals surface area contributed by atoms with Crippen molar-refractivity contribution in [2.45, 2.75) is 32.7 Å². The molecule has 0 aliphatic heterocycles. The highest BCUT2D eigenvalue weighted by molar-refractivity contribution is 5.59. The average molecular weight is 389 g/mol. The molecule has 148 valence electrons. The van der Waals surface area contributed by atoms with E-state index in [9.17, 15) is 0 Å². The number of aryl methyl sites for hydroxylation is 1. The lowest BCUT2D eigenvalue weighted by atomic mass is 10.1. The van der Waals surface area contributed by atoms with Crippen LogP contribution in [0.1, 0.15) is 37.3 Å². The normalized spacial score (nSPS) is 11.9. The van der Waals surface area contributed by atoms with Crippen molar-refractivity contribution in [3.05, 3.63) is 66.2 Å². The SMILES string of the molecule is CCCC(Nc1nc(C)cc(Nc2ccn[nH]2)n1)c1cc(-c2ccccc2)no1. The molecule has 1 unspecified atom stereocenters. The van der Waals surface area contributed by atoms with Gasteiger partial charge in [0.2, 0.25) is 5.95 Å². The van der Waals surface area contributed by atoms with Gasteiger partial charge in [0, 0.05) is 29.5 Å². The minimum atomic E-state index is -0.0771. The zero-order valence-electron chi connectivity index (χ0n) is 16.4. The van der Waals surface area contributed by atoms with Crippen molar-refractivity contribution in [3.8, 4) is 11.3 Å². The van der Waals surface area contributed by atoms with Crippen LogP contribution in [-0.4, -0.2) is 25.3 Å². The van der Waals surface area contributed by atoms with Gasteiger partial charge >= 0.3 is 0 Å². The molecular formula is C21H23N7O. The first kappa shape index (κ1) is 18.7. The van der Waals surface area contributed by atoms with Gasteiger partial charge in [0.15, 0.2) is 5.76 Å². The van der Waals surface area contributed by atoms with Crippen LogP contribution in [0.3, 0.4) is 0 Å². The van der Waals surface area contributed by atoms with E-state index >= 15 is 0 Å². The molecule has 8 heteroatoms. The molecule has 1 aromatic carbocycles. The number of anilines is 3. The van der Waals surface area contributed by atoms with Crippen molar-refractivity contribution in [2.75, 3.05) is 10.6 Å². The Balaban J connectivity index is 1.55. The number of hydrogen-bond donors (Lipinski definition) is 3. The van der Waals surface area contributed by atoms with Crippen LogP contribution in [0.25, 0.3) is 11.3 Å². The summed E-state index contributed by atoms with van der Waals surface area (Å²) < 4.78 is 5.65. The molecule has 0 saturated heterocycles. The van der Waals surface area contributed by atoms with Gasteiger partial charge in [0.1, 0.15) is 17.3 Å². The Kier molecular flexibility index (Phi) is 5.51. The van der Waals surface area contributed by atoms with Gasteiger partial charge in [-0.1, -0.05) is 48.8 Å². The molecule has 4 rings (SSSR count). The van der Waals surface area contributed by atoms with E-state index in [-0.39, 0.29) is 6.04 Å². The van der Waals surface area contributed by atoms with Crippen molar-refractivity contribution in [3.63, 3.8) is 0 Å². The third kappa shape index (κ3) is 4.60. The van der Waals surface area contributed by atoms with Crippen molar-refractivity contribution in [2.24, 2.45) is 0 Å². The summed E-state index contributed by atoms with van der Waals surface area (Å²) in [5, 5.41) is 17.6. The first-order valence-corrected chi connectivity index (χ1v) is 9.62. The fourth-order valence-electron chi connectivity index (χ4n) is 3.09. The highest BCUT2D eigenvalue weighted by Crippen LogP contribution is 2.27. The standard InChI is InChI=1S/C21H23N7O/c1-3-7-16(18-13-17(28-29-18)15-8-5-4-6-9-15)24-21-23-14(2)12-20(26-21)25-19-10-11-22-27-19/h4-6,8-13,16H,3,7H2,1-2H3,(H3,22,23,24,25,26,27). The van der Waals surface area contributed by atoms with Crippen molar-refractivity contribution in [1.29, 1.82) is 0 Å². The number of aromatic nitrogens is 5. The molecule has 0 amide bonds. The predicted octanol–water partition coefficient (Wildman–Crippen LogP) is 4.86. The van der Waals surface area contributed by atoms with E-state index in [1.807, 2.05) is 55.5 Å². The van der Waals surface area contributed by atoms with Gasteiger partial charge in [-0.05, 0) is 13.3 Å². The van der Waals surface area contributed by atoms with Crippen LogP contribution < -0.4 is 10.6 Å². The van der Waals surface area contributed by atoms with Crippen LogP contribution in [0.15, 0.2) is 59.3 Å². The number of nitrogens with zero attached hydrogens (tertiary/aromatic N) is 4.